The molecule has 0 aliphatic heterocycles. The van der Waals surface area contributed by atoms with Gasteiger partial charge >= 0.3 is 5.97 Å². The third-order valence-corrected chi connectivity index (χ3v) is 6.81. The van der Waals surface area contributed by atoms with E-state index in [0.717, 1.165) is 40.7 Å². The van der Waals surface area contributed by atoms with Crippen molar-refractivity contribution >= 4 is 39.5 Å². The standard InChI is InChI=1S/C26H39N7O2S/c1-9-19(12-27-8)21-13-28-24-23(29-18(5)14-33(21)24)30-22-11-20(31-36-22)15-32(10-2)26(6,7)16-35-25(34)17(3)4/h11-14,17,27H,9-10,15-16H2,1-8H3,(H,29,30)/b19-12+. The predicted molar refractivity (Wildman–Crippen MR) is 146 cm³/mol. The summed E-state index contributed by atoms with van der Waals surface area (Å²) >= 11 is 1.40. The van der Waals surface area contributed by atoms with Crippen molar-refractivity contribution in [1.82, 2.24) is 29.0 Å². The molecule has 2 N–H and O–H groups in total. The number of carbonyl (C=O) groups is 1. The van der Waals surface area contributed by atoms with E-state index in [2.05, 4.69) is 57.0 Å². The van der Waals surface area contributed by atoms with Crippen LogP contribution in [0.5, 0.6) is 0 Å². The molecule has 9 nitrogen and oxygen atoms in total. The summed E-state index contributed by atoms with van der Waals surface area (Å²) < 4.78 is 12.3. The largest absolute Gasteiger partial charge is 0.464 e. The second-order valence-corrected chi connectivity index (χ2v) is 10.6. The highest BCUT2D eigenvalue weighted by molar-refractivity contribution is 7.10. The van der Waals surface area contributed by atoms with E-state index in [4.69, 9.17) is 9.72 Å². The Kier molecular flexibility index (Phi) is 9.08. The highest BCUT2D eigenvalue weighted by atomic mass is 32.1. The Bertz CT molecular complexity index is 1210. The second kappa shape index (κ2) is 11.8. The minimum absolute atomic E-state index is 0.135. The van der Waals surface area contributed by atoms with Gasteiger partial charge in [-0.2, -0.15) is 4.37 Å². The molecule has 0 radical (unpaired) electrons. The lowest BCUT2D eigenvalue weighted by molar-refractivity contribution is -0.151. The average Bonchev–Trinajstić information content (AvgIpc) is 3.46. The number of fused-ring (bicyclic) bond motifs is 1. The normalized spacial score (nSPS) is 12.6. The Morgan fingerprint density at radius 1 is 1.33 bits per heavy atom. The van der Waals surface area contributed by atoms with E-state index >= 15 is 0 Å². The molecule has 0 aliphatic carbocycles. The van der Waals surface area contributed by atoms with Crippen molar-refractivity contribution in [3.8, 4) is 0 Å². The highest BCUT2D eigenvalue weighted by Gasteiger charge is 2.28. The van der Waals surface area contributed by atoms with Crippen molar-refractivity contribution in [3.63, 3.8) is 0 Å². The molecule has 0 atom stereocenters. The maximum atomic E-state index is 12.0. The van der Waals surface area contributed by atoms with Gasteiger partial charge in [-0.05, 0) is 56.9 Å². The molecule has 3 aromatic heterocycles. The van der Waals surface area contributed by atoms with Crippen LogP contribution in [0.4, 0.5) is 10.8 Å². The van der Waals surface area contributed by atoms with E-state index in [9.17, 15) is 4.79 Å². The van der Waals surface area contributed by atoms with Crippen molar-refractivity contribution < 1.29 is 9.53 Å². The number of ether oxygens (including phenoxy) is 1. The molecule has 0 bridgehead atoms. The Balaban J connectivity index is 1.78. The predicted octanol–water partition coefficient (Wildman–Crippen LogP) is 5.01. The summed E-state index contributed by atoms with van der Waals surface area (Å²) in [6.07, 6.45) is 6.79. The smallest absolute Gasteiger partial charge is 0.308 e. The third kappa shape index (κ3) is 6.41. The molecule has 0 saturated heterocycles. The Morgan fingerprint density at radius 2 is 2.08 bits per heavy atom. The lowest BCUT2D eigenvalue weighted by Gasteiger charge is -2.37. The minimum atomic E-state index is -0.315. The van der Waals surface area contributed by atoms with Crippen LogP contribution in [0.2, 0.25) is 0 Å². The van der Waals surface area contributed by atoms with Gasteiger partial charge in [0, 0.05) is 31.5 Å². The van der Waals surface area contributed by atoms with Gasteiger partial charge in [-0.15, -0.1) is 0 Å². The quantitative estimate of drug-likeness (QED) is 0.326. The summed E-state index contributed by atoms with van der Waals surface area (Å²) in [6.45, 7) is 15.9. The van der Waals surface area contributed by atoms with Crippen molar-refractivity contribution in [2.45, 2.75) is 67.0 Å². The van der Waals surface area contributed by atoms with E-state index in [-0.39, 0.29) is 17.4 Å². The number of esters is 1. The molecule has 0 spiro atoms. The molecule has 196 valence electrons. The summed E-state index contributed by atoms with van der Waals surface area (Å²) in [6, 6.07) is 2.05. The lowest BCUT2D eigenvalue weighted by atomic mass is 10.0. The number of anilines is 2. The van der Waals surface area contributed by atoms with Gasteiger partial charge in [-0.3, -0.25) is 14.1 Å². The fourth-order valence-corrected chi connectivity index (χ4v) is 4.64. The van der Waals surface area contributed by atoms with Crippen molar-refractivity contribution in [1.29, 1.82) is 0 Å². The van der Waals surface area contributed by atoms with Gasteiger partial charge in [0.2, 0.25) is 0 Å². The van der Waals surface area contributed by atoms with E-state index in [1.54, 1.807) is 0 Å². The van der Waals surface area contributed by atoms with Crippen LogP contribution in [-0.4, -0.2) is 55.3 Å². The number of likely N-dealkylation sites (N-methyl/N-ethyl adjacent to an activating group) is 1. The van der Waals surface area contributed by atoms with Gasteiger partial charge in [0.25, 0.3) is 0 Å². The number of nitrogens with zero attached hydrogens (tertiary/aromatic N) is 5. The first kappa shape index (κ1) is 27.6. The zero-order chi connectivity index (χ0) is 26.5. The van der Waals surface area contributed by atoms with Crippen LogP contribution in [0.1, 0.15) is 65.0 Å². The summed E-state index contributed by atoms with van der Waals surface area (Å²) in [5.41, 5.74) is 4.51. The molecule has 0 aliphatic rings. The number of imidazole rings is 1. The molecule has 3 aromatic rings. The van der Waals surface area contributed by atoms with Gasteiger partial charge in [0.15, 0.2) is 11.5 Å². The van der Waals surface area contributed by atoms with Crippen LogP contribution in [0.3, 0.4) is 0 Å². The van der Waals surface area contributed by atoms with Crippen LogP contribution in [-0.2, 0) is 16.1 Å². The molecule has 0 aromatic carbocycles. The van der Waals surface area contributed by atoms with Crippen LogP contribution in [0.25, 0.3) is 11.2 Å². The first-order valence-corrected chi connectivity index (χ1v) is 13.2. The van der Waals surface area contributed by atoms with E-state index in [1.807, 2.05) is 52.5 Å². The molecule has 10 heteroatoms. The van der Waals surface area contributed by atoms with E-state index < -0.39 is 0 Å². The van der Waals surface area contributed by atoms with Crippen molar-refractivity contribution in [2.24, 2.45) is 5.92 Å². The summed E-state index contributed by atoms with van der Waals surface area (Å²) in [4.78, 5) is 23.6. The number of rotatable bonds is 12. The summed E-state index contributed by atoms with van der Waals surface area (Å²) in [5, 5.41) is 7.45. The maximum Gasteiger partial charge on any atom is 0.308 e. The zero-order valence-corrected chi connectivity index (χ0v) is 23.5. The maximum absolute atomic E-state index is 12.0. The number of nitrogens with one attached hydrogen (secondary N) is 2. The number of aromatic nitrogens is 4. The highest BCUT2D eigenvalue weighted by Crippen LogP contribution is 2.28. The van der Waals surface area contributed by atoms with E-state index in [0.29, 0.717) is 19.0 Å². The van der Waals surface area contributed by atoms with Crippen LogP contribution >= 0.6 is 11.5 Å². The molecule has 3 heterocycles. The Hall–Kier alpha value is -2.98. The summed E-state index contributed by atoms with van der Waals surface area (Å²) in [7, 11) is 1.90. The number of hydrogen-bond donors (Lipinski definition) is 2. The fraction of sp³-hybridized carbons (Fsp3) is 0.538. The van der Waals surface area contributed by atoms with Gasteiger partial charge in [0.05, 0.1) is 29.2 Å². The minimum Gasteiger partial charge on any atom is -0.464 e. The first-order valence-electron chi connectivity index (χ1n) is 12.4. The van der Waals surface area contributed by atoms with Crippen LogP contribution in [0.15, 0.2) is 24.7 Å². The summed E-state index contributed by atoms with van der Waals surface area (Å²) in [5.74, 6) is 0.388. The fourth-order valence-electron chi connectivity index (χ4n) is 3.98. The molecule has 0 unspecified atom stereocenters. The van der Waals surface area contributed by atoms with Crippen LogP contribution in [0, 0.1) is 12.8 Å². The topological polar surface area (TPSA) is 96.7 Å². The molecule has 3 rings (SSSR count). The zero-order valence-electron chi connectivity index (χ0n) is 22.7. The molecule has 0 saturated carbocycles. The average molecular weight is 514 g/mol. The van der Waals surface area contributed by atoms with Gasteiger partial charge in [-0.1, -0.05) is 27.7 Å². The Morgan fingerprint density at radius 3 is 2.72 bits per heavy atom. The van der Waals surface area contributed by atoms with Crippen molar-refractivity contribution in [2.75, 3.05) is 25.5 Å². The Labute approximate surface area is 218 Å². The third-order valence-electron chi connectivity index (χ3n) is 6.07. The number of carbonyl (C=O) groups excluding carboxylic acids is 1. The molecule has 36 heavy (non-hydrogen) atoms. The molecule has 0 fully saturated rings. The first-order chi connectivity index (χ1) is 17.1. The molecular formula is C26H39N7O2S. The molecule has 0 amide bonds. The number of allylic oxidation sites excluding steroid dienone is 1. The van der Waals surface area contributed by atoms with Crippen LogP contribution < -0.4 is 10.6 Å². The van der Waals surface area contributed by atoms with Crippen molar-refractivity contribution in [3.05, 3.63) is 41.7 Å². The second-order valence-electron chi connectivity index (χ2n) is 9.78. The van der Waals surface area contributed by atoms with Gasteiger partial charge < -0.3 is 15.4 Å². The number of hydrogen-bond acceptors (Lipinski definition) is 9. The monoisotopic (exact) mass is 513 g/mol. The lowest BCUT2D eigenvalue weighted by Crippen LogP contribution is -2.47. The van der Waals surface area contributed by atoms with Gasteiger partial charge in [0.1, 0.15) is 11.6 Å². The SMILES string of the molecule is CC/C(=C\NC)c1cnc2c(Nc3cc(CN(CC)C(C)(C)COC(=O)C(C)C)ns3)nc(C)cn12. The molecular weight excluding hydrogens is 474 g/mol. The van der Waals surface area contributed by atoms with Gasteiger partial charge in [-0.25, -0.2) is 9.97 Å². The number of aryl methyl sites for hydroxylation is 1. The van der Waals surface area contributed by atoms with E-state index in [1.165, 1.54) is 17.1 Å².